The minimum Gasteiger partial charge on any atom is -0.347 e. The number of nitrogens with one attached hydrogen (secondary N) is 3. The number of aromatic nitrogens is 4. The van der Waals surface area contributed by atoms with Crippen LogP contribution in [0.2, 0.25) is 0 Å². The minimum atomic E-state index is -0.486. The van der Waals surface area contributed by atoms with E-state index in [0.29, 0.717) is 17.9 Å². The molecule has 0 unspecified atom stereocenters. The van der Waals surface area contributed by atoms with Crippen LogP contribution < -0.4 is 16.2 Å². The average molecular weight is 462 g/mol. The first-order valence-corrected chi connectivity index (χ1v) is 11.4. The number of carbonyl (C=O) groups excluding carboxylic acids is 3. The van der Waals surface area contributed by atoms with Gasteiger partial charge in [-0.3, -0.25) is 25.2 Å². The van der Waals surface area contributed by atoms with Crippen molar-refractivity contribution in [2.75, 3.05) is 6.54 Å². The number of tetrazole rings is 1. The summed E-state index contributed by atoms with van der Waals surface area (Å²) < 4.78 is 0. The van der Waals surface area contributed by atoms with E-state index in [4.69, 9.17) is 0 Å². The summed E-state index contributed by atoms with van der Waals surface area (Å²) in [6.07, 6.45) is 4.97. The van der Waals surface area contributed by atoms with Crippen molar-refractivity contribution in [3.63, 3.8) is 0 Å². The Labute approximate surface area is 197 Å². The van der Waals surface area contributed by atoms with Crippen molar-refractivity contribution in [3.05, 3.63) is 65.7 Å². The van der Waals surface area contributed by atoms with Gasteiger partial charge in [-0.15, -0.1) is 10.2 Å². The summed E-state index contributed by atoms with van der Waals surface area (Å²) in [5.74, 6) is -0.520. The second-order valence-corrected chi connectivity index (χ2v) is 8.26. The van der Waals surface area contributed by atoms with E-state index >= 15 is 0 Å². The summed E-state index contributed by atoms with van der Waals surface area (Å²) in [4.78, 5) is 37.9. The lowest BCUT2D eigenvalue weighted by Crippen LogP contribution is -2.47. The maximum absolute atomic E-state index is 12.3. The molecule has 3 aromatic rings. The lowest BCUT2D eigenvalue weighted by atomic mass is 9.89. The number of hydrazine groups is 1. The Kier molecular flexibility index (Phi) is 7.59. The van der Waals surface area contributed by atoms with Gasteiger partial charge in [0.25, 0.3) is 11.8 Å². The monoisotopic (exact) mass is 461 g/mol. The number of benzene rings is 2. The van der Waals surface area contributed by atoms with E-state index in [-0.39, 0.29) is 18.4 Å². The summed E-state index contributed by atoms with van der Waals surface area (Å²) >= 11 is 0. The number of nitrogens with zero attached hydrogens (tertiary/aromatic N) is 4. The van der Waals surface area contributed by atoms with Crippen LogP contribution in [0.4, 0.5) is 0 Å². The number of rotatable bonds is 7. The van der Waals surface area contributed by atoms with E-state index in [2.05, 4.69) is 31.6 Å². The molecule has 1 aromatic heterocycles. The third-order valence-electron chi connectivity index (χ3n) is 5.74. The van der Waals surface area contributed by atoms with E-state index < -0.39 is 11.8 Å². The standard InChI is InChI=1S/C24H27N7O3/c32-21(15-25-23(33)19-9-5-2-6-10-19)26-28-24(34)20-13-11-17(12-14-20)16-31-29-22(27-30-31)18-7-3-1-4-8-18/h1,3-4,7-8,11-14,19H,2,5-6,9-10,15-16H2,(H,25,33)(H,26,32)(H,28,34). The molecule has 3 amide bonds. The quantitative estimate of drug-likeness (QED) is 0.460. The second-order valence-electron chi connectivity index (χ2n) is 8.26. The highest BCUT2D eigenvalue weighted by Gasteiger charge is 2.21. The third kappa shape index (κ3) is 6.25. The lowest BCUT2D eigenvalue weighted by molar-refractivity contribution is -0.129. The van der Waals surface area contributed by atoms with E-state index in [0.717, 1.165) is 43.2 Å². The fourth-order valence-electron chi connectivity index (χ4n) is 3.86. The van der Waals surface area contributed by atoms with Gasteiger partial charge in [0, 0.05) is 17.0 Å². The normalized spacial score (nSPS) is 13.8. The van der Waals surface area contributed by atoms with Crippen molar-refractivity contribution >= 4 is 17.7 Å². The Bertz CT molecular complexity index is 1120. The zero-order valence-electron chi connectivity index (χ0n) is 18.7. The molecule has 0 saturated heterocycles. The molecule has 34 heavy (non-hydrogen) atoms. The van der Waals surface area contributed by atoms with Crippen molar-refractivity contribution in [1.29, 1.82) is 0 Å². The van der Waals surface area contributed by atoms with E-state index in [1.54, 1.807) is 24.3 Å². The molecule has 4 rings (SSSR count). The number of hydrogen-bond acceptors (Lipinski definition) is 6. The Morgan fingerprint density at radius 1 is 0.912 bits per heavy atom. The molecular weight excluding hydrogens is 434 g/mol. The molecule has 1 aliphatic carbocycles. The van der Waals surface area contributed by atoms with Gasteiger partial charge in [0.1, 0.15) is 0 Å². The highest BCUT2D eigenvalue weighted by Crippen LogP contribution is 2.23. The van der Waals surface area contributed by atoms with E-state index in [1.165, 1.54) is 4.80 Å². The Hall–Kier alpha value is -4.08. The van der Waals surface area contributed by atoms with Crippen LogP contribution in [-0.4, -0.2) is 44.5 Å². The third-order valence-corrected chi connectivity index (χ3v) is 5.74. The molecule has 3 N–H and O–H groups in total. The molecule has 1 aliphatic rings. The van der Waals surface area contributed by atoms with Gasteiger partial charge in [0.15, 0.2) is 0 Å². The smallest absolute Gasteiger partial charge is 0.269 e. The summed E-state index contributed by atoms with van der Waals surface area (Å²) in [5.41, 5.74) is 6.85. The van der Waals surface area contributed by atoms with E-state index in [1.807, 2.05) is 30.3 Å². The van der Waals surface area contributed by atoms with Gasteiger partial charge in [-0.1, -0.05) is 61.7 Å². The SMILES string of the molecule is O=C(CNC(=O)C1CCCCC1)NNC(=O)c1ccc(Cn2nnc(-c3ccccc3)n2)cc1. The van der Waals surface area contributed by atoms with Crippen LogP contribution >= 0.6 is 0 Å². The van der Waals surface area contributed by atoms with Crippen LogP contribution in [0, 0.1) is 5.92 Å². The summed E-state index contributed by atoms with van der Waals surface area (Å²) in [6.45, 7) is 0.226. The molecule has 10 nitrogen and oxygen atoms in total. The predicted molar refractivity (Wildman–Crippen MR) is 124 cm³/mol. The van der Waals surface area contributed by atoms with Crippen molar-refractivity contribution < 1.29 is 14.4 Å². The molecular formula is C24H27N7O3. The number of amides is 3. The first kappa shape index (κ1) is 23.1. The van der Waals surface area contributed by atoms with E-state index in [9.17, 15) is 14.4 Å². The largest absolute Gasteiger partial charge is 0.347 e. The van der Waals surface area contributed by atoms with Crippen molar-refractivity contribution in [3.8, 4) is 11.4 Å². The zero-order valence-corrected chi connectivity index (χ0v) is 18.7. The molecule has 0 aliphatic heterocycles. The summed E-state index contributed by atoms with van der Waals surface area (Å²) in [6, 6.07) is 16.4. The molecule has 1 fully saturated rings. The highest BCUT2D eigenvalue weighted by atomic mass is 16.2. The van der Waals surface area contributed by atoms with Gasteiger partial charge < -0.3 is 5.32 Å². The highest BCUT2D eigenvalue weighted by molar-refractivity contribution is 5.95. The molecule has 0 bridgehead atoms. The molecule has 176 valence electrons. The molecule has 0 radical (unpaired) electrons. The molecule has 0 atom stereocenters. The maximum Gasteiger partial charge on any atom is 0.269 e. The summed E-state index contributed by atoms with van der Waals surface area (Å²) in [7, 11) is 0. The molecule has 1 heterocycles. The van der Waals surface area contributed by atoms with Crippen LogP contribution in [0.15, 0.2) is 54.6 Å². The van der Waals surface area contributed by atoms with Gasteiger partial charge >= 0.3 is 0 Å². The minimum absolute atomic E-state index is 0.0210. The van der Waals surface area contributed by atoms with Gasteiger partial charge in [-0.25, -0.2) is 0 Å². The Balaban J connectivity index is 1.22. The topological polar surface area (TPSA) is 131 Å². The van der Waals surface area contributed by atoms with Gasteiger partial charge in [0.05, 0.1) is 13.1 Å². The van der Waals surface area contributed by atoms with Gasteiger partial charge in [-0.05, 0) is 35.8 Å². The van der Waals surface area contributed by atoms with Crippen LogP contribution in [0.1, 0.15) is 48.0 Å². The summed E-state index contributed by atoms with van der Waals surface area (Å²) in [5, 5.41) is 15.2. The fraction of sp³-hybridized carbons (Fsp3) is 0.333. The Morgan fingerprint density at radius 2 is 1.65 bits per heavy atom. The van der Waals surface area contributed by atoms with Crippen LogP contribution in [0.5, 0.6) is 0 Å². The zero-order chi connectivity index (χ0) is 23.8. The average Bonchev–Trinajstić information content (AvgIpc) is 3.36. The first-order valence-electron chi connectivity index (χ1n) is 11.4. The van der Waals surface area contributed by atoms with Crippen LogP contribution in [0.3, 0.4) is 0 Å². The Morgan fingerprint density at radius 3 is 2.38 bits per heavy atom. The van der Waals surface area contributed by atoms with Crippen molar-refractivity contribution in [2.24, 2.45) is 5.92 Å². The number of carbonyl (C=O) groups is 3. The van der Waals surface area contributed by atoms with Crippen LogP contribution in [-0.2, 0) is 16.1 Å². The second kappa shape index (κ2) is 11.2. The maximum atomic E-state index is 12.3. The molecule has 1 saturated carbocycles. The molecule has 0 spiro atoms. The number of hydrogen-bond donors (Lipinski definition) is 3. The van der Waals surface area contributed by atoms with Crippen molar-refractivity contribution in [1.82, 2.24) is 36.4 Å². The lowest BCUT2D eigenvalue weighted by Gasteiger charge is -2.20. The van der Waals surface area contributed by atoms with Crippen LogP contribution in [0.25, 0.3) is 11.4 Å². The fourth-order valence-corrected chi connectivity index (χ4v) is 3.86. The van der Waals surface area contributed by atoms with Gasteiger partial charge in [-0.2, -0.15) is 4.80 Å². The van der Waals surface area contributed by atoms with Gasteiger partial charge in [0.2, 0.25) is 11.7 Å². The predicted octanol–water partition coefficient (Wildman–Crippen LogP) is 1.85. The van der Waals surface area contributed by atoms with Crippen molar-refractivity contribution in [2.45, 2.75) is 38.6 Å². The first-order chi connectivity index (χ1) is 16.6. The molecule has 2 aromatic carbocycles. The molecule has 10 heteroatoms.